The van der Waals surface area contributed by atoms with E-state index in [2.05, 4.69) is 47.2 Å². The number of hydrogen-bond acceptors (Lipinski definition) is 5. The number of halogens is 1. The second-order valence-corrected chi connectivity index (χ2v) is 8.92. The van der Waals surface area contributed by atoms with Gasteiger partial charge in [-0.1, -0.05) is 28.1 Å². The largest absolute Gasteiger partial charge is 0.480 e. The topological polar surface area (TPSA) is 72.5 Å². The molecule has 0 amide bonds. The Kier molecular flexibility index (Phi) is 4.77. The van der Waals surface area contributed by atoms with Gasteiger partial charge in [0, 0.05) is 58.7 Å². The van der Waals surface area contributed by atoms with Gasteiger partial charge in [-0.25, -0.2) is 0 Å². The highest BCUT2D eigenvalue weighted by Crippen LogP contribution is 2.33. The van der Waals surface area contributed by atoms with Gasteiger partial charge in [-0.2, -0.15) is 4.37 Å². The minimum absolute atomic E-state index is 0.670. The number of aromatic nitrogens is 2. The lowest BCUT2D eigenvalue weighted by atomic mass is 10.0. The lowest BCUT2D eigenvalue weighted by Crippen LogP contribution is -2.49. The quantitative estimate of drug-likeness (QED) is 0.459. The summed E-state index contributed by atoms with van der Waals surface area (Å²) in [6.07, 6.45) is 1.83. The van der Waals surface area contributed by atoms with Gasteiger partial charge in [0.25, 0.3) is 0 Å². The van der Waals surface area contributed by atoms with Crippen molar-refractivity contribution in [3.8, 4) is 0 Å². The van der Waals surface area contributed by atoms with E-state index in [1.807, 2.05) is 36.5 Å². The fourth-order valence-corrected chi connectivity index (χ4v) is 5.28. The van der Waals surface area contributed by atoms with E-state index in [1.165, 1.54) is 21.6 Å². The Balaban J connectivity index is 1.40. The van der Waals surface area contributed by atoms with E-state index in [1.54, 1.807) is 0 Å². The predicted molar refractivity (Wildman–Crippen MR) is 120 cm³/mol. The first kappa shape index (κ1) is 18.6. The van der Waals surface area contributed by atoms with Crippen LogP contribution in [0, 0.1) is 0 Å². The summed E-state index contributed by atoms with van der Waals surface area (Å²) in [6.45, 7) is 2.85. The number of H-pyrrole nitrogens is 1. The smallest absolute Gasteiger partial charge is 0.325 e. The molecule has 29 heavy (non-hydrogen) atoms. The number of anilines is 1. The van der Waals surface area contributed by atoms with E-state index < -0.39 is 12.0 Å². The third-order valence-electron chi connectivity index (χ3n) is 5.54. The zero-order valence-corrected chi connectivity index (χ0v) is 17.9. The van der Waals surface area contributed by atoms with Crippen molar-refractivity contribution in [2.45, 2.75) is 6.04 Å². The Morgan fingerprint density at radius 1 is 1.14 bits per heavy atom. The van der Waals surface area contributed by atoms with Gasteiger partial charge < -0.3 is 15.0 Å². The molecule has 1 atom stereocenters. The van der Waals surface area contributed by atoms with Crippen molar-refractivity contribution in [3.63, 3.8) is 0 Å². The average Bonchev–Trinajstić information content (AvgIpc) is 3.33. The molecule has 3 heterocycles. The fourth-order valence-electron chi connectivity index (χ4n) is 4.12. The summed E-state index contributed by atoms with van der Waals surface area (Å²) in [7, 11) is 0. The third-order valence-corrected chi connectivity index (χ3v) is 6.85. The molecule has 0 radical (unpaired) electrons. The number of carbonyl (C=O) groups is 1. The van der Waals surface area contributed by atoms with Gasteiger partial charge in [0.1, 0.15) is 11.9 Å². The Morgan fingerprint density at radius 2 is 1.93 bits per heavy atom. The lowest BCUT2D eigenvalue weighted by Gasteiger charge is -2.38. The summed E-state index contributed by atoms with van der Waals surface area (Å²) in [5.41, 5.74) is 1.75. The van der Waals surface area contributed by atoms with Crippen LogP contribution in [0.2, 0.25) is 0 Å². The number of fused-ring (bicyclic) bond motifs is 2. The Morgan fingerprint density at radius 3 is 2.72 bits per heavy atom. The van der Waals surface area contributed by atoms with Gasteiger partial charge in [-0.05, 0) is 41.9 Å². The van der Waals surface area contributed by atoms with Gasteiger partial charge in [0.05, 0.1) is 4.70 Å². The second-order valence-electron chi connectivity index (χ2n) is 7.20. The summed E-state index contributed by atoms with van der Waals surface area (Å²) in [6, 6.07) is 13.5. The van der Waals surface area contributed by atoms with Crippen molar-refractivity contribution in [1.29, 1.82) is 0 Å². The molecule has 5 rings (SSSR count). The lowest BCUT2D eigenvalue weighted by molar-refractivity contribution is -0.143. The Bertz CT molecular complexity index is 1200. The Labute approximate surface area is 180 Å². The summed E-state index contributed by atoms with van der Waals surface area (Å²) < 4.78 is 6.77. The molecule has 0 aliphatic carbocycles. The fraction of sp³-hybridized carbons (Fsp3) is 0.238. The first-order valence-electron chi connectivity index (χ1n) is 9.44. The number of piperazine rings is 1. The van der Waals surface area contributed by atoms with Crippen LogP contribution >= 0.6 is 27.5 Å². The van der Waals surface area contributed by atoms with Crippen LogP contribution in [0.3, 0.4) is 0 Å². The maximum Gasteiger partial charge on any atom is 0.325 e. The van der Waals surface area contributed by atoms with Crippen LogP contribution in [0.1, 0.15) is 11.6 Å². The number of hydrogen-bond donors (Lipinski definition) is 2. The van der Waals surface area contributed by atoms with Gasteiger partial charge >= 0.3 is 5.97 Å². The number of benzene rings is 2. The van der Waals surface area contributed by atoms with Gasteiger partial charge in [0.2, 0.25) is 0 Å². The highest BCUT2D eigenvalue weighted by Gasteiger charge is 2.32. The molecule has 0 saturated carbocycles. The number of nitrogens with zero attached hydrogens (tertiary/aromatic N) is 3. The van der Waals surface area contributed by atoms with E-state index >= 15 is 0 Å². The number of aromatic amines is 1. The second kappa shape index (κ2) is 7.44. The molecule has 0 spiro atoms. The third kappa shape index (κ3) is 3.31. The van der Waals surface area contributed by atoms with Crippen molar-refractivity contribution in [2.75, 3.05) is 31.1 Å². The van der Waals surface area contributed by atoms with Crippen LogP contribution in [0.25, 0.3) is 21.0 Å². The molecule has 1 fully saturated rings. The van der Waals surface area contributed by atoms with Gasteiger partial charge in [0.15, 0.2) is 0 Å². The van der Waals surface area contributed by atoms with Crippen LogP contribution in [0.15, 0.2) is 53.1 Å². The molecule has 1 aliphatic rings. The van der Waals surface area contributed by atoms with Gasteiger partial charge in [-0.15, -0.1) is 0 Å². The molecule has 148 valence electrons. The van der Waals surface area contributed by atoms with Crippen LogP contribution in [-0.2, 0) is 4.79 Å². The molecule has 4 aromatic rings. The number of nitrogens with one attached hydrogen (secondary N) is 1. The Hall–Kier alpha value is -2.42. The number of aliphatic carboxylic acids is 1. The van der Waals surface area contributed by atoms with Crippen molar-refractivity contribution < 1.29 is 9.90 Å². The summed E-state index contributed by atoms with van der Waals surface area (Å²) in [4.78, 5) is 19.7. The zero-order chi connectivity index (χ0) is 20.0. The molecular formula is C21H19BrN4O2S. The first-order valence-corrected chi connectivity index (χ1v) is 11.0. The summed E-state index contributed by atoms with van der Waals surface area (Å²) in [5, 5.41) is 12.1. The maximum absolute atomic E-state index is 12.2. The van der Waals surface area contributed by atoms with Crippen LogP contribution in [-0.4, -0.2) is 51.5 Å². The van der Waals surface area contributed by atoms with Crippen LogP contribution in [0.4, 0.5) is 5.82 Å². The standard InChI is InChI=1S/C21H19BrN4O2S/c22-13-5-6-17-15(11-13)16(12-23-17)19(21(27)28)25-7-9-26(10-8-25)20-14-3-1-2-4-18(14)29-24-20/h1-6,11-12,19,23H,7-10H2,(H,27,28)/t19-/m0/s1. The normalized spacial score (nSPS) is 16.5. The molecule has 0 bridgehead atoms. The maximum atomic E-state index is 12.2. The molecule has 6 nitrogen and oxygen atoms in total. The highest BCUT2D eigenvalue weighted by molar-refractivity contribution is 9.10. The van der Waals surface area contributed by atoms with E-state index in [0.717, 1.165) is 39.8 Å². The molecule has 2 N–H and O–H groups in total. The number of rotatable bonds is 4. The zero-order valence-electron chi connectivity index (χ0n) is 15.5. The minimum atomic E-state index is -0.821. The van der Waals surface area contributed by atoms with Crippen LogP contribution < -0.4 is 4.90 Å². The van der Waals surface area contributed by atoms with E-state index in [0.29, 0.717) is 13.1 Å². The SMILES string of the molecule is O=C(O)[C@H](c1c[nH]c2ccc(Br)cc12)N1CCN(c2nsc3ccccc23)CC1. The first-order chi connectivity index (χ1) is 14.1. The predicted octanol–water partition coefficient (Wildman–Crippen LogP) is 4.49. The minimum Gasteiger partial charge on any atom is -0.480 e. The molecule has 2 aromatic heterocycles. The molecule has 1 aliphatic heterocycles. The van der Waals surface area contributed by atoms with Crippen molar-refractivity contribution in [1.82, 2.24) is 14.3 Å². The van der Waals surface area contributed by atoms with E-state index in [4.69, 9.17) is 0 Å². The summed E-state index contributed by atoms with van der Waals surface area (Å²) >= 11 is 5.01. The molecule has 0 unspecified atom stereocenters. The van der Waals surface area contributed by atoms with Crippen molar-refractivity contribution >= 4 is 60.2 Å². The summed E-state index contributed by atoms with van der Waals surface area (Å²) in [5.74, 6) is 0.187. The number of carboxylic acid groups (broad SMARTS) is 1. The number of carboxylic acids is 1. The molecule has 2 aromatic carbocycles. The molecule has 8 heteroatoms. The van der Waals surface area contributed by atoms with Crippen molar-refractivity contribution in [3.05, 3.63) is 58.7 Å². The van der Waals surface area contributed by atoms with Gasteiger partial charge in [-0.3, -0.25) is 9.69 Å². The van der Waals surface area contributed by atoms with Crippen molar-refractivity contribution in [2.24, 2.45) is 0 Å². The van der Waals surface area contributed by atoms with E-state index in [9.17, 15) is 9.90 Å². The monoisotopic (exact) mass is 470 g/mol. The highest BCUT2D eigenvalue weighted by atomic mass is 79.9. The molecule has 1 saturated heterocycles. The molecular weight excluding hydrogens is 452 g/mol. The van der Waals surface area contributed by atoms with Crippen LogP contribution in [0.5, 0.6) is 0 Å². The van der Waals surface area contributed by atoms with E-state index in [-0.39, 0.29) is 0 Å². The average molecular weight is 471 g/mol.